The Hall–Kier alpha value is -6.38. The molecule has 1 heterocycles. The van der Waals surface area contributed by atoms with Gasteiger partial charge in [-0.25, -0.2) is 0 Å². The van der Waals surface area contributed by atoms with E-state index in [1.807, 2.05) is 83.8 Å². The van der Waals surface area contributed by atoms with Gasteiger partial charge in [0.25, 0.3) is 0 Å². The maximum absolute atomic E-state index is 9.20. The summed E-state index contributed by atoms with van der Waals surface area (Å²) >= 11 is 0. The zero-order chi connectivity index (χ0) is 41.4. The molecule has 9 rings (SSSR count). The van der Waals surface area contributed by atoms with E-state index >= 15 is 0 Å². The second kappa shape index (κ2) is 11.8. The van der Waals surface area contributed by atoms with E-state index in [9.17, 15) is 2.74 Å². The molecule has 0 fully saturated rings. The van der Waals surface area contributed by atoms with Crippen molar-refractivity contribution >= 4 is 49.8 Å². The molecule has 48 heavy (non-hydrogen) atoms. The zero-order valence-electron chi connectivity index (χ0n) is 36.4. The van der Waals surface area contributed by atoms with Crippen molar-refractivity contribution < 1.29 is 19.5 Å². The van der Waals surface area contributed by atoms with Crippen molar-refractivity contribution in [1.29, 1.82) is 0 Å². The van der Waals surface area contributed by atoms with Gasteiger partial charge in [0.05, 0.1) is 15.1 Å². The molecule has 0 unspecified atom stereocenters. The Labute approximate surface area is 295 Å². The van der Waals surface area contributed by atoms with Crippen LogP contribution < -0.4 is 4.90 Å². The summed E-state index contributed by atoms with van der Waals surface area (Å²) in [6, 6.07) is 32.4. The third-order valence-electron chi connectivity index (χ3n) is 8.43. The molecule has 2 heteroatoms. The molecule has 226 valence electrons. The van der Waals surface area contributed by atoms with Crippen molar-refractivity contribution in [2.75, 3.05) is 4.90 Å². The number of rotatable bonds is 6. The summed E-state index contributed by atoms with van der Waals surface area (Å²) in [6.07, 6.45) is 0. The van der Waals surface area contributed by atoms with E-state index in [1.165, 1.54) is 12.1 Å². The van der Waals surface area contributed by atoms with Gasteiger partial charge in [-0.05, 0) is 86.6 Å². The molecule has 0 N–H and O–H groups in total. The summed E-state index contributed by atoms with van der Waals surface area (Å²) in [4.78, 5) is 1.87. The minimum atomic E-state index is -0.674. The number of furan rings is 1. The van der Waals surface area contributed by atoms with Crippen LogP contribution in [0.3, 0.4) is 0 Å². The fourth-order valence-corrected chi connectivity index (χ4v) is 6.23. The molecule has 0 radical (unpaired) electrons. The lowest BCUT2D eigenvalue weighted by Crippen LogP contribution is -2.09. The van der Waals surface area contributed by atoms with Gasteiger partial charge in [0.1, 0.15) is 11.2 Å². The Balaban J connectivity index is 1.20. The van der Waals surface area contributed by atoms with Crippen molar-refractivity contribution in [2.24, 2.45) is 0 Å². The minimum absolute atomic E-state index is 0.153. The van der Waals surface area contributed by atoms with E-state index in [-0.39, 0.29) is 23.2 Å². The lowest BCUT2D eigenvalue weighted by atomic mass is 9.95. The monoisotopic (exact) mass is 624 g/mol. The molecule has 0 saturated carbocycles. The Morgan fingerprint density at radius 1 is 0.396 bits per heavy atom. The lowest BCUT2D eigenvalue weighted by Gasteiger charge is -2.25. The van der Waals surface area contributed by atoms with Crippen molar-refractivity contribution in [3.63, 3.8) is 0 Å². The van der Waals surface area contributed by atoms with Gasteiger partial charge in [-0.2, -0.15) is 0 Å². The van der Waals surface area contributed by atoms with E-state index in [1.54, 1.807) is 0 Å². The van der Waals surface area contributed by atoms with Gasteiger partial charge in [-0.15, -0.1) is 0 Å². The Kier molecular flexibility index (Phi) is 4.58. The molecular formula is C46H31NO. The van der Waals surface area contributed by atoms with Crippen molar-refractivity contribution in [3.05, 3.63) is 188 Å². The summed E-state index contributed by atoms with van der Waals surface area (Å²) in [5.41, 5.74) is 3.91. The predicted octanol–water partition coefficient (Wildman–Crippen LogP) is 13.2. The quantitative estimate of drug-likeness (QED) is 0.183. The van der Waals surface area contributed by atoms with E-state index in [4.69, 9.17) is 16.8 Å². The number of para-hydroxylation sites is 1. The number of hydrogen-bond donors (Lipinski definition) is 0. The number of benzene rings is 8. The summed E-state index contributed by atoms with van der Waals surface area (Å²) in [7, 11) is 0. The van der Waals surface area contributed by atoms with Gasteiger partial charge in [0.15, 0.2) is 0 Å². The van der Waals surface area contributed by atoms with Crippen LogP contribution in [0.1, 0.15) is 15.1 Å². The summed E-state index contributed by atoms with van der Waals surface area (Å²) in [6.45, 7) is 0. The molecule has 0 atom stereocenters. The number of fused-ring (bicyclic) bond motifs is 5. The maximum atomic E-state index is 9.20. The third kappa shape index (κ3) is 4.92. The zero-order valence-corrected chi connectivity index (χ0v) is 25.4. The molecule has 0 aliphatic carbocycles. The number of hydrogen-bond acceptors (Lipinski definition) is 2. The van der Waals surface area contributed by atoms with Crippen LogP contribution in [0.15, 0.2) is 192 Å². The van der Waals surface area contributed by atoms with Crippen LogP contribution in [0, 0.1) is 0 Å². The van der Waals surface area contributed by atoms with Gasteiger partial charge < -0.3 is 9.32 Å². The topological polar surface area (TPSA) is 16.4 Å². The average molecular weight is 625 g/mol. The first-order chi connectivity index (χ1) is 28.4. The first-order valence-electron chi connectivity index (χ1n) is 20.9. The van der Waals surface area contributed by atoms with Crippen LogP contribution in [0.5, 0.6) is 0 Å². The van der Waals surface area contributed by atoms with Gasteiger partial charge in [-0.1, -0.05) is 139 Å². The molecule has 0 aliphatic heterocycles. The molecule has 0 amide bonds. The molecule has 9 aromatic rings. The highest BCUT2D eigenvalue weighted by Crippen LogP contribution is 2.43. The summed E-state index contributed by atoms with van der Waals surface area (Å²) in [5, 5.41) is 4.05. The first-order valence-corrected chi connectivity index (χ1v) is 15.4. The van der Waals surface area contributed by atoms with E-state index in [0.29, 0.717) is 17.0 Å². The molecule has 0 bridgehead atoms. The molecule has 0 aliphatic rings. The van der Waals surface area contributed by atoms with Gasteiger partial charge in [-0.3, -0.25) is 0 Å². The SMILES string of the molecule is [2H]c1cc(N(c2ccccc2)c2ccc3c(c2)oc2cc(-c4ccccc4)c4ccccc4c23)cc([2H])c1-c1c([2H])c([2H])c(-c2c([2H])c([2H])c([2H])c([2H])c2[2H])c([2H])c1[2H]. The third-order valence-corrected chi connectivity index (χ3v) is 8.43. The highest BCUT2D eigenvalue weighted by Gasteiger charge is 2.18. The molecular weight excluding hydrogens is 583 g/mol. The van der Waals surface area contributed by atoms with Crippen LogP contribution >= 0.6 is 0 Å². The molecule has 0 spiro atoms. The van der Waals surface area contributed by atoms with Crippen molar-refractivity contribution in [2.45, 2.75) is 0 Å². The maximum Gasteiger partial charge on any atom is 0.137 e. The fourth-order valence-electron chi connectivity index (χ4n) is 6.23. The fraction of sp³-hybridized carbons (Fsp3) is 0. The second-order valence-corrected chi connectivity index (χ2v) is 11.3. The highest BCUT2D eigenvalue weighted by molar-refractivity contribution is 6.22. The van der Waals surface area contributed by atoms with Crippen LogP contribution in [-0.2, 0) is 0 Å². The smallest absolute Gasteiger partial charge is 0.137 e. The first kappa shape index (κ1) is 18.7. The van der Waals surface area contributed by atoms with E-state index < -0.39 is 65.5 Å². The molecule has 8 aromatic carbocycles. The second-order valence-electron chi connectivity index (χ2n) is 11.3. The van der Waals surface area contributed by atoms with Gasteiger partial charge in [0.2, 0.25) is 0 Å². The predicted molar refractivity (Wildman–Crippen MR) is 202 cm³/mol. The van der Waals surface area contributed by atoms with Crippen LogP contribution in [0.4, 0.5) is 17.1 Å². The normalized spacial score (nSPS) is 14.5. The Morgan fingerprint density at radius 3 is 1.69 bits per heavy atom. The molecule has 1 aromatic heterocycles. The minimum Gasteiger partial charge on any atom is -0.456 e. The highest BCUT2D eigenvalue weighted by atomic mass is 16.3. The average Bonchev–Trinajstić information content (AvgIpc) is 3.62. The number of anilines is 3. The van der Waals surface area contributed by atoms with Crippen LogP contribution in [-0.4, -0.2) is 0 Å². The molecule has 0 saturated heterocycles. The van der Waals surface area contributed by atoms with Crippen LogP contribution in [0.25, 0.3) is 66.1 Å². The van der Waals surface area contributed by atoms with E-state index in [0.717, 1.165) is 43.9 Å². The molecule has 2 nitrogen and oxygen atoms in total. The van der Waals surface area contributed by atoms with Crippen molar-refractivity contribution in [1.82, 2.24) is 0 Å². The Bertz CT molecular complexity index is 3100. The largest absolute Gasteiger partial charge is 0.456 e. The Morgan fingerprint density at radius 2 is 0.979 bits per heavy atom. The number of nitrogens with zero attached hydrogens (tertiary/aromatic N) is 1. The van der Waals surface area contributed by atoms with E-state index in [2.05, 4.69) is 30.3 Å². The van der Waals surface area contributed by atoms with Crippen molar-refractivity contribution in [3.8, 4) is 33.4 Å². The summed E-state index contributed by atoms with van der Waals surface area (Å²) in [5.74, 6) is 0. The summed E-state index contributed by atoms with van der Waals surface area (Å²) < 4.78 is 102. The van der Waals surface area contributed by atoms with Gasteiger partial charge in [0, 0.05) is 33.9 Å². The van der Waals surface area contributed by atoms with Gasteiger partial charge >= 0.3 is 0 Å². The standard InChI is InChI=1S/C46H31NO/c1-4-12-32(13-5-1)33-20-22-34(23-21-33)35-24-26-38(27-25-35)47(37-16-8-3-9-17-37)39-28-29-42-44(30-39)48-45-31-43(36-14-6-2-7-15-36)40-18-10-11-19-41(40)46(42)45/h1-31H/i1D,4D,5D,12D,13D,20D,21D,22D,23D,24D,25D. The van der Waals surface area contributed by atoms with Crippen LogP contribution in [0.2, 0.25) is 0 Å². The lowest BCUT2D eigenvalue weighted by molar-refractivity contribution is 0.669.